The molecule has 2 amide bonds. The summed E-state index contributed by atoms with van der Waals surface area (Å²) in [5, 5.41) is 0. The number of carbonyl (C=O) groups is 2. The Hall–Kier alpha value is -2.66. The molecule has 2 aliphatic heterocycles. The summed E-state index contributed by atoms with van der Waals surface area (Å²) >= 11 is 0. The molecule has 5 nitrogen and oxygen atoms in total. The van der Waals surface area contributed by atoms with E-state index in [1.165, 1.54) is 32.1 Å². The minimum atomic E-state index is -0.706. The second-order valence-electron chi connectivity index (χ2n) is 9.82. The molecule has 0 radical (unpaired) electrons. The summed E-state index contributed by atoms with van der Waals surface area (Å²) in [4.78, 5) is 33.4. The van der Waals surface area contributed by atoms with E-state index < -0.39 is 5.41 Å². The highest BCUT2D eigenvalue weighted by Crippen LogP contribution is 2.41. The summed E-state index contributed by atoms with van der Waals surface area (Å²) in [6, 6.07) is 20.8. The zero-order valence-electron chi connectivity index (χ0n) is 19.5. The summed E-state index contributed by atoms with van der Waals surface area (Å²) in [6.45, 7) is 4.27. The van der Waals surface area contributed by atoms with Gasteiger partial charge in [-0.25, -0.2) is 0 Å². The first-order chi connectivity index (χ1) is 16.2. The molecule has 0 unspecified atom stereocenters. The van der Waals surface area contributed by atoms with Crippen molar-refractivity contribution in [2.75, 3.05) is 39.3 Å². The highest BCUT2D eigenvalue weighted by molar-refractivity contribution is 5.96. The molecule has 5 rings (SSSR count). The van der Waals surface area contributed by atoms with Gasteiger partial charge in [0.25, 0.3) is 0 Å². The van der Waals surface area contributed by atoms with Gasteiger partial charge in [-0.05, 0) is 30.4 Å². The molecule has 2 aromatic rings. The van der Waals surface area contributed by atoms with Gasteiger partial charge in [-0.15, -0.1) is 0 Å². The molecular weight excluding hydrogens is 410 g/mol. The van der Waals surface area contributed by atoms with Crippen molar-refractivity contribution >= 4 is 11.8 Å². The Labute approximate surface area is 197 Å². The molecule has 0 bridgehead atoms. The number of rotatable bonds is 5. The number of hydrogen-bond acceptors (Lipinski definition) is 3. The van der Waals surface area contributed by atoms with E-state index in [9.17, 15) is 9.59 Å². The molecule has 1 saturated carbocycles. The van der Waals surface area contributed by atoms with Crippen molar-refractivity contribution in [3.8, 4) is 0 Å². The highest BCUT2D eigenvalue weighted by Gasteiger charge is 2.49. The van der Waals surface area contributed by atoms with Crippen LogP contribution in [0.5, 0.6) is 0 Å². The minimum Gasteiger partial charge on any atom is -0.339 e. The van der Waals surface area contributed by atoms with Gasteiger partial charge in [-0.1, -0.05) is 79.9 Å². The van der Waals surface area contributed by atoms with Crippen LogP contribution in [-0.4, -0.2) is 71.8 Å². The van der Waals surface area contributed by atoms with E-state index in [0.29, 0.717) is 19.0 Å². The number of likely N-dealkylation sites (tertiary alicyclic amines) is 1. The van der Waals surface area contributed by atoms with E-state index in [2.05, 4.69) is 4.90 Å². The monoisotopic (exact) mass is 445 g/mol. The Kier molecular flexibility index (Phi) is 6.50. The van der Waals surface area contributed by atoms with Gasteiger partial charge in [0.2, 0.25) is 11.8 Å². The predicted molar refractivity (Wildman–Crippen MR) is 130 cm³/mol. The number of piperazine rings is 1. The lowest BCUT2D eigenvalue weighted by Gasteiger charge is -2.41. The molecule has 3 fully saturated rings. The Morgan fingerprint density at radius 3 is 1.94 bits per heavy atom. The maximum atomic E-state index is 13.9. The summed E-state index contributed by atoms with van der Waals surface area (Å²) < 4.78 is 0. The average Bonchev–Trinajstić information content (AvgIpc) is 3.22. The lowest BCUT2D eigenvalue weighted by Crippen LogP contribution is -2.54. The van der Waals surface area contributed by atoms with Crippen LogP contribution in [0.1, 0.15) is 49.7 Å². The third kappa shape index (κ3) is 4.31. The SMILES string of the molecule is O=C(CN1CCC(c2ccccc2)(c2ccccc2)C1=O)N1CCN(C2CCCCC2)CC1. The topological polar surface area (TPSA) is 43.9 Å². The molecule has 0 atom stereocenters. The molecule has 1 aliphatic carbocycles. The highest BCUT2D eigenvalue weighted by atomic mass is 16.2. The summed E-state index contributed by atoms with van der Waals surface area (Å²) in [5.41, 5.74) is 1.32. The van der Waals surface area contributed by atoms with E-state index >= 15 is 0 Å². The van der Waals surface area contributed by atoms with Crippen molar-refractivity contribution in [3.05, 3.63) is 71.8 Å². The van der Waals surface area contributed by atoms with Crippen molar-refractivity contribution in [2.24, 2.45) is 0 Å². The first-order valence-corrected chi connectivity index (χ1v) is 12.6. The van der Waals surface area contributed by atoms with Crippen LogP contribution in [-0.2, 0) is 15.0 Å². The Balaban J connectivity index is 1.26. The molecule has 0 N–H and O–H groups in total. The normalized spacial score (nSPS) is 22.0. The fourth-order valence-corrected chi connectivity index (χ4v) is 6.13. The fraction of sp³-hybridized carbons (Fsp3) is 0.500. The zero-order valence-corrected chi connectivity index (χ0v) is 19.5. The van der Waals surface area contributed by atoms with Gasteiger partial charge in [0, 0.05) is 38.8 Å². The quantitative estimate of drug-likeness (QED) is 0.705. The number of carbonyl (C=O) groups excluding carboxylic acids is 2. The lowest BCUT2D eigenvalue weighted by atomic mass is 9.73. The molecule has 174 valence electrons. The summed E-state index contributed by atoms with van der Waals surface area (Å²) in [7, 11) is 0. The Morgan fingerprint density at radius 1 is 0.788 bits per heavy atom. The van der Waals surface area contributed by atoms with Crippen LogP contribution in [0, 0.1) is 0 Å². The van der Waals surface area contributed by atoms with E-state index in [0.717, 1.165) is 37.3 Å². The third-order valence-corrected chi connectivity index (χ3v) is 8.03. The molecule has 5 heteroatoms. The van der Waals surface area contributed by atoms with Gasteiger partial charge in [0.05, 0.1) is 6.54 Å². The number of nitrogens with zero attached hydrogens (tertiary/aromatic N) is 3. The molecule has 33 heavy (non-hydrogen) atoms. The largest absolute Gasteiger partial charge is 0.339 e. The standard InChI is InChI=1S/C28H35N3O2/c32-26(30-20-18-29(19-21-30)25-14-8-3-9-15-25)22-31-17-16-28(27(31)33,23-10-4-1-5-11-23)24-12-6-2-7-13-24/h1-2,4-7,10-13,25H,3,8-9,14-22H2. The summed E-state index contributed by atoms with van der Waals surface area (Å²) in [6.07, 6.45) is 7.35. The Bertz CT molecular complexity index is 908. The van der Waals surface area contributed by atoms with Gasteiger partial charge < -0.3 is 9.80 Å². The molecule has 2 heterocycles. The van der Waals surface area contributed by atoms with Crippen LogP contribution in [0.2, 0.25) is 0 Å². The smallest absolute Gasteiger partial charge is 0.242 e. The average molecular weight is 446 g/mol. The Morgan fingerprint density at radius 2 is 1.36 bits per heavy atom. The van der Waals surface area contributed by atoms with Crippen LogP contribution < -0.4 is 0 Å². The van der Waals surface area contributed by atoms with Crippen LogP contribution in [0.3, 0.4) is 0 Å². The van der Waals surface area contributed by atoms with Gasteiger partial charge >= 0.3 is 0 Å². The van der Waals surface area contributed by atoms with Crippen LogP contribution in [0.25, 0.3) is 0 Å². The van der Waals surface area contributed by atoms with E-state index in [1.54, 1.807) is 4.90 Å². The first-order valence-electron chi connectivity index (χ1n) is 12.6. The van der Waals surface area contributed by atoms with Crippen molar-refractivity contribution < 1.29 is 9.59 Å². The van der Waals surface area contributed by atoms with E-state index in [4.69, 9.17) is 0 Å². The van der Waals surface area contributed by atoms with Gasteiger partial charge in [-0.2, -0.15) is 0 Å². The molecular formula is C28H35N3O2. The van der Waals surface area contributed by atoms with E-state index in [-0.39, 0.29) is 18.4 Å². The van der Waals surface area contributed by atoms with Crippen LogP contribution in [0.15, 0.2) is 60.7 Å². The van der Waals surface area contributed by atoms with E-state index in [1.807, 2.05) is 65.6 Å². The molecule has 2 saturated heterocycles. The molecule has 2 aromatic carbocycles. The van der Waals surface area contributed by atoms with Gasteiger partial charge in [0.15, 0.2) is 0 Å². The zero-order chi connectivity index (χ0) is 22.7. The maximum absolute atomic E-state index is 13.9. The van der Waals surface area contributed by atoms with Gasteiger partial charge in [0.1, 0.15) is 5.41 Å². The van der Waals surface area contributed by atoms with Crippen LogP contribution in [0.4, 0.5) is 0 Å². The van der Waals surface area contributed by atoms with Crippen LogP contribution >= 0.6 is 0 Å². The third-order valence-electron chi connectivity index (χ3n) is 8.03. The second kappa shape index (κ2) is 9.68. The molecule has 0 spiro atoms. The first kappa shape index (κ1) is 22.1. The van der Waals surface area contributed by atoms with Crippen molar-refractivity contribution in [1.82, 2.24) is 14.7 Å². The maximum Gasteiger partial charge on any atom is 0.242 e. The predicted octanol–water partition coefficient (Wildman–Crippen LogP) is 3.68. The fourth-order valence-electron chi connectivity index (χ4n) is 6.13. The number of benzene rings is 2. The second-order valence-corrected chi connectivity index (χ2v) is 9.82. The lowest BCUT2D eigenvalue weighted by molar-refractivity contribution is -0.141. The van der Waals surface area contributed by atoms with Crippen molar-refractivity contribution in [2.45, 2.75) is 50.0 Å². The number of amides is 2. The molecule has 0 aromatic heterocycles. The minimum absolute atomic E-state index is 0.0501. The summed E-state index contributed by atoms with van der Waals surface area (Å²) in [5.74, 6) is 0.137. The number of hydrogen-bond donors (Lipinski definition) is 0. The van der Waals surface area contributed by atoms with Crippen molar-refractivity contribution in [1.29, 1.82) is 0 Å². The van der Waals surface area contributed by atoms with Crippen molar-refractivity contribution in [3.63, 3.8) is 0 Å². The van der Waals surface area contributed by atoms with Gasteiger partial charge in [-0.3, -0.25) is 14.5 Å². The molecule has 3 aliphatic rings.